The number of carbonyl (C=O) groups is 1. The van der Waals surface area contributed by atoms with E-state index in [9.17, 15) is 29.7 Å². The van der Waals surface area contributed by atoms with Crippen molar-refractivity contribution in [3.05, 3.63) is 30.6 Å². The summed E-state index contributed by atoms with van der Waals surface area (Å²) in [5, 5.41) is 38.3. The van der Waals surface area contributed by atoms with Crippen molar-refractivity contribution in [3.8, 4) is 0 Å². The zero-order valence-electron chi connectivity index (χ0n) is 10.9. The van der Waals surface area contributed by atoms with E-state index in [0.717, 1.165) is 10.6 Å². The van der Waals surface area contributed by atoms with Crippen LogP contribution in [-0.2, 0) is 9.53 Å². The molecule has 5 atom stereocenters. The molecular formula is C11H13IN2O8. The summed E-state index contributed by atoms with van der Waals surface area (Å²) >= 11 is 1.68. The number of aliphatic hydroxyl groups excluding tert-OH is 3. The number of H-pyrrole nitrogens is 1. The number of aliphatic hydroxyl groups is 3. The second kappa shape index (κ2) is 6.45. The molecule has 1 aromatic heterocycles. The van der Waals surface area contributed by atoms with E-state index in [2.05, 4.69) is 0 Å². The molecule has 0 aliphatic carbocycles. The van der Waals surface area contributed by atoms with Gasteiger partial charge in [0.2, 0.25) is 0 Å². The van der Waals surface area contributed by atoms with Gasteiger partial charge in [-0.3, -0.25) is 19.1 Å². The van der Waals surface area contributed by atoms with Gasteiger partial charge < -0.3 is 25.2 Å². The first-order valence-electron chi connectivity index (χ1n) is 6.15. The Balaban J connectivity index is 2.33. The number of aliphatic carboxylic acids is 1. The Morgan fingerprint density at radius 2 is 2.05 bits per heavy atom. The highest BCUT2D eigenvalue weighted by atomic mass is 127. The lowest BCUT2D eigenvalue weighted by Gasteiger charge is -2.20. The molecule has 0 bridgehead atoms. The van der Waals surface area contributed by atoms with E-state index < -0.39 is 54.3 Å². The molecule has 0 spiro atoms. The van der Waals surface area contributed by atoms with Gasteiger partial charge in [0.15, 0.2) is 6.23 Å². The van der Waals surface area contributed by atoms with E-state index in [0.29, 0.717) is 0 Å². The Morgan fingerprint density at radius 1 is 1.41 bits per heavy atom. The molecule has 11 heteroatoms. The fourth-order valence-electron chi connectivity index (χ4n) is 2.23. The fraction of sp³-hybridized carbons (Fsp3) is 0.545. The van der Waals surface area contributed by atoms with E-state index in [1.807, 2.05) is 4.98 Å². The van der Waals surface area contributed by atoms with Crippen molar-refractivity contribution < 1.29 is 30.0 Å². The van der Waals surface area contributed by atoms with Gasteiger partial charge in [-0.15, -0.1) is 0 Å². The van der Waals surface area contributed by atoms with Crippen LogP contribution in [0.5, 0.6) is 0 Å². The minimum absolute atomic E-state index is 0.149. The third-order valence-corrected chi connectivity index (χ3v) is 4.05. The second-order valence-corrected chi connectivity index (χ2v) is 5.87. The monoisotopic (exact) mass is 428 g/mol. The van der Waals surface area contributed by atoms with E-state index >= 15 is 0 Å². The van der Waals surface area contributed by atoms with E-state index in [4.69, 9.17) is 9.84 Å². The lowest BCUT2D eigenvalue weighted by molar-refractivity contribution is -0.144. The van der Waals surface area contributed by atoms with Gasteiger partial charge in [0.05, 0.1) is 16.2 Å². The summed E-state index contributed by atoms with van der Waals surface area (Å²) in [6.07, 6.45) is -8.17. The normalized spacial score (nSPS) is 29.5. The van der Waals surface area contributed by atoms with Crippen molar-refractivity contribution in [1.82, 2.24) is 9.55 Å². The first kappa shape index (κ1) is 17.1. The summed E-state index contributed by atoms with van der Waals surface area (Å²) in [7, 11) is 0. The predicted molar refractivity (Wildman–Crippen MR) is 78.2 cm³/mol. The molecule has 2 rings (SSSR count). The Morgan fingerprint density at radius 3 is 2.59 bits per heavy atom. The van der Waals surface area contributed by atoms with Gasteiger partial charge in [-0.05, 0) is 22.6 Å². The van der Waals surface area contributed by atoms with E-state index in [1.165, 1.54) is 0 Å². The molecule has 2 heterocycles. The van der Waals surface area contributed by atoms with E-state index in [1.54, 1.807) is 22.6 Å². The highest BCUT2D eigenvalue weighted by Crippen LogP contribution is 2.31. The topological polar surface area (TPSA) is 162 Å². The molecule has 0 radical (unpaired) electrons. The summed E-state index contributed by atoms with van der Waals surface area (Å²) in [4.78, 5) is 35.6. The number of carboxylic acids is 1. The van der Waals surface area contributed by atoms with Crippen LogP contribution in [0.2, 0.25) is 0 Å². The predicted octanol–water partition coefficient (Wildman–Crippen LogP) is -2.40. The lowest BCUT2D eigenvalue weighted by atomic mass is 10.0. The van der Waals surface area contributed by atoms with Crippen LogP contribution in [0.4, 0.5) is 0 Å². The summed E-state index contributed by atoms with van der Waals surface area (Å²) in [6.45, 7) is 0. The molecule has 1 unspecified atom stereocenters. The number of rotatable bonds is 4. The molecule has 0 aromatic carbocycles. The summed E-state index contributed by atoms with van der Waals surface area (Å²) in [6, 6.07) is 1.09. The van der Waals surface area contributed by atoms with Crippen molar-refractivity contribution in [1.29, 1.82) is 0 Å². The maximum atomic E-state index is 11.8. The van der Waals surface area contributed by atoms with Crippen LogP contribution < -0.4 is 11.2 Å². The Bertz CT molecular complexity index is 685. The van der Waals surface area contributed by atoms with Gasteiger partial charge in [0, 0.05) is 6.07 Å². The number of aromatic nitrogens is 2. The van der Waals surface area contributed by atoms with Crippen molar-refractivity contribution >= 4 is 28.6 Å². The molecule has 0 saturated carbocycles. The van der Waals surface area contributed by atoms with Gasteiger partial charge in [-0.25, -0.2) is 4.79 Å². The SMILES string of the molecule is O=C(O)CC(O)[C@H]1O[C@@H](n2c(I)cc(=O)[nH]c2=O)[C@H](O)[C@@H]1O. The van der Waals surface area contributed by atoms with Crippen LogP contribution in [0.15, 0.2) is 15.7 Å². The van der Waals surface area contributed by atoms with Crippen LogP contribution >= 0.6 is 22.6 Å². The van der Waals surface area contributed by atoms with Crippen molar-refractivity contribution in [2.45, 2.75) is 37.1 Å². The molecule has 122 valence electrons. The van der Waals surface area contributed by atoms with Gasteiger partial charge >= 0.3 is 11.7 Å². The number of aromatic amines is 1. The van der Waals surface area contributed by atoms with Crippen LogP contribution in [0, 0.1) is 3.70 Å². The number of ether oxygens (including phenoxy) is 1. The number of carboxylic acid groups (broad SMARTS) is 1. The van der Waals surface area contributed by atoms with Crippen molar-refractivity contribution in [2.75, 3.05) is 0 Å². The molecule has 10 nitrogen and oxygen atoms in total. The Labute approximate surface area is 136 Å². The standard InChI is InChI=1S/C11H13IN2O8/c12-4-2-5(16)13-11(21)14(4)10-8(20)7(19)9(22-10)3(15)1-6(17)18/h2-3,7-10,15,19-20H,1H2,(H,17,18)(H,13,16,21)/t3?,7-,8+,9+,10+/m0/s1. The van der Waals surface area contributed by atoms with Gasteiger partial charge in [-0.1, -0.05) is 0 Å². The number of hydrogen-bond donors (Lipinski definition) is 5. The van der Waals surface area contributed by atoms with E-state index in [-0.39, 0.29) is 3.70 Å². The average Bonchev–Trinajstić information content (AvgIpc) is 2.65. The second-order valence-electron chi connectivity index (χ2n) is 4.77. The molecule has 1 aliphatic heterocycles. The molecule has 1 fully saturated rings. The highest BCUT2D eigenvalue weighted by molar-refractivity contribution is 14.1. The van der Waals surface area contributed by atoms with Gasteiger partial charge in [0.25, 0.3) is 5.56 Å². The maximum absolute atomic E-state index is 11.8. The molecular weight excluding hydrogens is 415 g/mol. The Kier molecular flexibility index (Phi) is 5.01. The summed E-state index contributed by atoms with van der Waals surface area (Å²) in [5.74, 6) is -1.31. The first-order chi connectivity index (χ1) is 10.2. The van der Waals surface area contributed by atoms with Crippen molar-refractivity contribution in [3.63, 3.8) is 0 Å². The Hall–Kier alpha value is -1.28. The first-order valence-corrected chi connectivity index (χ1v) is 7.23. The fourth-order valence-corrected chi connectivity index (χ4v) is 3.00. The maximum Gasteiger partial charge on any atom is 0.331 e. The van der Waals surface area contributed by atoms with Crippen LogP contribution in [-0.4, -0.2) is 60.4 Å². The van der Waals surface area contributed by atoms with Crippen LogP contribution in [0.3, 0.4) is 0 Å². The summed E-state index contributed by atoms with van der Waals surface area (Å²) < 4.78 is 6.31. The molecule has 0 amide bonds. The number of hydrogen-bond acceptors (Lipinski definition) is 7. The van der Waals surface area contributed by atoms with Crippen LogP contribution in [0.25, 0.3) is 0 Å². The number of nitrogens with zero attached hydrogens (tertiary/aromatic N) is 1. The average molecular weight is 428 g/mol. The summed E-state index contributed by atoms with van der Waals surface area (Å²) in [5.41, 5.74) is -1.50. The largest absolute Gasteiger partial charge is 0.481 e. The molecule has 1 aliphatic rings. The minimum Gasteiger partial charge on any atom is -0.481 e. The molecule has 1 saturated heterocycles. The molecule has 22 heavy (non-hydrogen) atoms. The third kappa shape index (κ3) is 3.22. The zero-order valence-corrected chi connectivity index (χ0v) is 13.1. The van der Waals surface area contributed by atoms with Gasteiger partial charge in [-0.2, -0.15) is 0 Å². The zero-order chi connectivity index (χ0) is 16.6. The smallest absolute Gasteiger partial charge is 0.331 e. The quantitative estimate of drug-likeness (QED) is 0.262. The number of halogens is 1. The van der Waals surface area contributed by atoms with Gasteiger partial charge in [0.1, 0.15) is 18.3 Å². The molecule has 1 aromatic rings. The van der Waals surface area contributed by atoms with Crippen LogP contribution in [0.1, 0.15) is 12.6 Å². The third-order valence-electron chi connectivity index (χ3n) is 3.22. The van der Waals surface area contributed by atoms with Crippen molar-refractivity contribution in [2.24, 2.45) is 0 Å². The number of nitrogens with one attached hydrogen (secondary N) is 1. The highest BCUT2D eigenvalue weighted by Gasteiger charge is 2.47. The minimum atomic E-state index is -1.59. The lowest BCUT2D eigenvalue weighted by Crippen LogP contribution is -2.40. The molecule has 5 N–H and O–H groups in total.